The molecule has 0 radical (unpaired) electrons. The first kappa shape index (κ1) is 19.8. The van der Waals surface area contributed by atoms with E-state index in [1.807, 2.05) is 37.3 Å². The fourth-order valence-corrected chi connectivity index (χ4v) is 3.62. The molecule has 1 aromatic carbocycles. The fourth-order valence-electron chi connectivity index (χ4n) is 3.62. The Morgan fingerprint density at radius 3 is 2.67 bits per heavy atom. The highest BCUT2D eigenvalue weighted by atomic mass is 16.5. The summed E-state index contributed by atoms with van der Waals surface area (Å²) in [4.78, 5) is 43.2. The van der Waals surface area contributed by atoms with Gasteiger partial charge < -0.3 is 9.64 Å². The maximum atomic E-state index is 12.5. The summed E-state index contributed by atoms with van der Waals surface area (Å²) < 4.78 is 6.84. The summed E-state index contributed by atoms with van der Waals surface area (Å²) in [6.45, 7) is 4.15. The predicted molar refractivity (Wildman–Crippen MR) is 112 cm³/mol. The predicted octanol–water partition coefficient (Wildman–Crippen LogP) is 2.66. The molecule has 0 saturated carbocycles. The maximum Gasteiger partial charge on any atom is 0.311 e. The van der Waals surface area contributed by atoms with Gasteiger partial charge in [0.1, 0.15) is 12.3 Å². The number of aromatic nitrogens is 2. The Hall–Kier alpha value is -3.48. The van der Waals surface area contributed by atoms with Crippen molar-refractivity contribution < 1.29 is 14.3 Å². The summed E-state index contributed by atoms with van der Waals surface area (Å²) in [6.07, 6.45) is 2.75. The van der Waals surface area contributed by atoms with Gasteiger partial charge in [-0.3, -0.25) is 18.8 Å². The van der Waals surface area contributed by atoms with E-state index >= 15 is 0 Å². The van der Waals surface area contributed by atoms with Crippen LogP contribution >= 0.6 is 0 Å². The van der Waals surface area contributed by atoms with E-state index in [1.54, 1.807) is 17.2 Å². The minimum Gasteiger partial charge on any atom is -0.459 e. The third-order valence-corrected chi connectivity index (χ3v) is 5.34. The standard InChI is InChI=1S/C23H23N3O4/c1-3-16-5-7-19(8-6-16)25-13-17(10-21(25)27)23(29)30-14-18-11-22(28)26-12-15(2)4-9-20(26)24-18/h4-9,11-12,17H,3,10,13-14H2,1-2H3/t17-/m1/s1. The average Bonchev–Trinajstić information content (AvgIpc) is 3.14. The topological polar surface area (TPSA) is 81.0 Å². The number of pyridine rings is 1. The monoisotopic (exact) mass is 405 g/mol. The number of rotatable bonds is 5. The molecule has 0 N–H and O–H groups in total. The zero-order valence-corrected chi connectivity index (χ0v) is 17.0. The van der Waals surface area contributed by atoms with E-state index in [-0.39, 0.29) is 31.0 Å². The number of carbonyl (C=O) groups is 2. The van der Waals surface area contributed by atoms with Gasteiger partial charge in [0.25, 0.3) is 5.56 Å². The number of nitrogens with zero attached hydrogens (tertiary/aromatic N) is 3. The van der Waals surface area contributed by atoms with Crippen LogP contribution in [0, 0.1) is 12.8 Å². The SMILES string of the molecule is CCc1ccc(N2C[C@H](C(=O)OCc3cc(=O)n4cc(C)ccc4n3)CC2=O)cc1. The molecule has 7 heteroatoms. The van der Waals surface area contributed by atoms with Crippen LogP contribution in [0.2, 0.25) is 0 Å². The highest BCUT2D eigenvalue weighted by Crippen LogP contribution is 2.26. The number of carbonyl (C=O) groups excluding carboxylic acids is 2. The first-order valence-electron chi connectivity index (χ1n) is 9.99. The van der Waals surface area contributed by atoms with E-state index in [9.17, 15) is 14.4 Å². The normalized spacial score (nSPS) is 16.3. The van der Waals surface area contributed by atoms with Crippen molar-refractivity contribution in [1.82, 2.24) is 9.38 Å². The average molecular weight is 405 g/mol. The number of amides is 1. The van der Waals surface area contributed by atoms with Crippen molar-refractivity contribution in [3.63, 3.8) is 0 Å². The molecule has 1 fully saturated rings. The number of fused-ring (bicyclic) bond motifs is 1. The number of benzene rings is 1. The number of anilines is 1. The second-order valence-electron chi connectivity index (χ2n) is 7.55. The first-order valence-corrected chi connectivity index (χ1v) is 9.99. The van der Waals surface area contributed by atoms with Gasteiger partial charge in [-0.15, -0.1) is 0 Å². The van der Waals surface area contributed by atoms with Crippen LogP contribution < -0.4 is 10.5 Å². The lowest BCUT2D eigenvalue weighted by Gasteiger charge is -2.17. The molecule has 3 aromatic rings. The van der Waals surface area contributed by atoms with Crippen LogP contribution in [0.3, 0.4) is 0 Å². The van der Waals surface area contributed by atoms with Crippen LogP contribution in [-0.4, -0.2) is 27.8 Å². The Balaban J connectivity index is 1.42. The van der Waals surface area contributed by atoms with Crippen LogP contribution in [0.1, 0.15) is 30.2 Å². The fraction of sp³-hybridized carbons (Fsp3) is 0.304. The maximum absolute atomic E-state index is 12.5. The first-order chi connectivity index (χ1) is 14.4. The summed E-state index contributed by atoms with van der Waals surface area (Å²) in [5.74, 6) is -1.09. The van der Waals surface area contributed by atoms with Gasteiger partial charge in [-0.2, -0.15) is 0 Å². The highest BCUT2D eigenvalue weighted by molar-refractivity contribution is 5.99. The number of ether oxygens (including phenoxy) is 1. The number of hydrogen-bond donors (Lipinski definition) is 0. The van der Waals surface area contributed by atoms with E-state index in [2.05, 4.69) is 11.9 Å². The third kappa shape index (κ3) is 3.96. The van der Waals surface area contributed by atoms with Gasteiger partial charge in [0.2, 0.25) is 5.91 Å². The molecule has 30 heavy (non-hydrogen) atoms. The zero-order valence-electron chi connectivity index (χ0n) is 17.0. The molecule has 3 heterocycles. The van der Waals surface area contributed by atoms with Gasteiger partial charge in [0.05, 0.1) is 11.6 Å². The Kier molecular flexibility index (Phi) is 5.35. The molecular formula is C23H23N3O4. The third-order valence-electron chi connectivity index (χ3n) is 5.34. The van der Waals surface area contributed by atoms with Gasteiger partial charge in [-0.1, -0.05) is 25.1 Å². The van der Waals surface area contributed by atoms with Crippen LogP contribution in [0.15, 0.2) is 53.5 Å². The number of aryl methyl sites for hydroxylation is 2. The van der Waals surface area contributed by atoms with Crippen LogP contribution in [0.25, 0.3) is 5.65 Å². The summed E-state index contributed by atoms with van der Waals surface area (Å²) in [7, 11) is 0. The molecule has 1 aliphatic heterocycles. The van der Waals surface area contributed by atoms with Crippen molar-refractivity contribution in [1.29, 1.82) is 0 Å². The molecule has 154 valence electrons. The van der Waals surface area contributed by atoms with Crippen molar-refractivity contribution >= 4 is 23.2 Å². The lowest BCUT2D eigenvalue weighted by Crippen LogP contribution is -2.26. The van der Waals surface area contributed by atoms with Gasteiger partial charge in [0.15, 0.2) is 0 Å². The second-order valence-corrected chi connectivity index (χ2v) is 7.55. The van der Waals surface area contributed by atoms with Crippen molar-refractivity contribution in [3.05, 3.63) is 75.8 Å². The molecule has 0 bridgehead atoms. The lowest BCUT2D eigenvalue weighted by atomic mass is 10.1. The van der Waals surface area contributed by atoms with Crippen molar-refractivity contribution in [2.75, 3.05) is 11.4 Å². The van der Waals surface area contributed by atoms with Gasteiger partial charge >= 0.3 is 5.97 Å². The van der Waals surface area contributed by atoms with Gasteiger partial charge in [-0.25, -0.2) is 4.98 Å². The highest BCUT2D eigenvalue weighted by Gasteiger charge is 2.36. The molecule has 7 nitrogen and oxygen atoms in total. The van der Waals surface area contributed by atoms with E-state index in [0.717, 1.165) is 17.7 Å². The zero-order chi connectivity index (χ0) is 21.3. The second kappa shape index (κ2) is 8.10. The largest absolute Gasteiger partial charge is 0.459 e. The Labute approximate surface area is 173 Å². The molecule has 0 unspecified atom stereocenters. The summed E-state index contributed by atoms with van der Waals surface area (Å²) in [5, 5.41) is 0. The lowest BCUT2D eigenvalue weighted by molar-refractivity contribution is -0.149. The van der Waals surface area contributed by atoms with E-state index < -0.39 is 11.9 Å². The molecular weight excluding hydrogens is 382 g/mol. The summed E-state index contributed by atoms with van der Waals surface area (Å²) >= 11 is 0. The van der Waals surface area contributed by atoms with E-state index in [0.29, 0.717) is 11.3 Å². The molecule has 1 atom stereocenters. The van der Waals surface area contributed by atoms with Crippen molar-refractivity contribution in [2.45, 2.75) is 33.3 Å². The molecule has 1 saturated heterocycles. The number of hydrogen-bond acceptors (Lipinski definition) is 5. The molecule has 1 aliphatic rings. The smallest absolute Gasteiger partial charge is 0.311 e. The van der Waals surface area contributed by atoms with Gasteiger partial charge in [-0.05, 0) is 42.7 Å². The molecule has 4 rings (SSSR count). The van der Waals surface area contributed by atoms with Crippen LogP contribution in [0.5, 0.6) is 0 Å². The molecule has 0 spiro atoms. The Morgan fingerprint density at radius 2 is 1.93 bits per heavy atom. The van der Waals surface area contributed by atoms with Crippen LogP contribution in [0.4, 0.5) is 5.69 Å². The van der Waals surface area contributed by atoms with E-state index in [1.165, 1.54) is 16.0 Å². The Morgan fingerprint density at radius 1 is 1.17 bits per heavy atom. The van der Waals surface area contributed by atoms with Crippen molar-refractivity contribution in [3.8, 4) is 0 Å². The van der Waals surface area contributed by atoms with E-state index in [4.69, 9.17) is 4.74 Å². The van der Waals surface area contributed by atoms with Crippen molar-refractivity contribution in [2.24, 2.45) is 5.92 Å². The quantitative estimate of drug-likeness (QED) is 0.610. The molecule has 1 amide bonds. The van der Waals surface area contributed by atoms with Gasteiger partial charge in [0, 0.05) is 30.9 Å². The Bertz CT molecular complexity index is 1170. The summed E-state index contributed by atoms with van der Waals surface area (Å²) in [5.41, 5.74) is 3.57. The minimum absolute atomic E-state index is 0.0985. The molecule has 2 aromatic heterocycles. The number of esters is 1. The molecule has 0 aliphatic carbocycles. The minimum atomic E-state index is -0.535. The van der Waals surface area contributed by atoms with Crippen LogP contribution in [-0.2, 0) is 27.4 Å². The summed E-state index contributed by atoms with van der Waals surface area (Å²) in [6, 6.07) is 12.8.